The summed E-state index contributed by atoms with van der Waals surface area (Å²) in [6.07, 6.45) is 1.86. The van der Waals surface area contributed by atoms with Crippen molar-refractivity contribution in [2.24, 2.45) is 0 Å². The molecule has 0 amide bonds. The lowest BCUT2D eigenvalue weighted by Gasteiger charge is -2.12. The van der Waals surface area contributed by atoms with Crippen molar-refractivity contribution in [3.05, 3.63) is 16.1 Å². The first-order valence-electron chi connectivity index (χ1n) is 5.85. The van der Waals surface area contributed by atoms with E-state index in [0.29, 0.717) is 24.4 Å². The van der Waals surface area contributed by atoms with Crippen LogP contribution in [0.1, 0.15) is 9.88 Å². The zero-order valence-electron chi connectivity index (χ0n) is 11.4. The molecule has 0 atom stereocenters. The molecular weight excluding hydrogens is 262 g/mol. The molecule has 0 aliphatic heterocycles. The molecule has 0 unspecified atom stereocenters. The highest BCUT2D eigenvalue weighted by Crippen LogP contribution is 2.14. The summed E-state index contributed by atoms with van der Waals surface area (Å²) in [4.78, 5) is 20.2. The van der Waals surface area contributed by atoms with E-state index in [4.69, 9.17) is 0 Å². The van der Waals surface area contributed by atoms with E-state index >= 15 is 0 Å². The van der Waals surface area contributed by atoms with Gasteiger partial charge in [-0.25, -0.2) is 4.98 Å². The average molecular weight is 279 g/mol. The Hall–Kier alpha value is -1.96. The number of anilines is 3. The maximum atomic E-state index is 4.33. The Balaban J connectivity index is 2.12. The van der Waals surface area contributed by atoms with Gasteiger partial charge >= 0.3 is 0 Å². The summed E-state index contributed by atoms with van der Waals surface area (Å²) in [6, 6.07) is 0. The van der Waals surface area contributed by atoms with Crippen LogP contribution in [-0.4, -0.2) is 41.1 Å². The molecule has 8 heteroatoms. The maximum absolute atomic E-state index is 4.33. The highest BCUT2D eigenvalue weighted by Gasteiger charge is 2.07. The Morgan fingerprint density at radius 3 is 2.53 bits per heavy atom. The van der Waals surface area contributed by atoms with Crippen molar-refractivity contribution in [2.75, 3.05) is 36.7 Å². The first kappa shape index (κ1) is 13.5. The molecule has 0 saturated carbocycles. The molecule has 2 aromatic rings. The summed E-state index contributed by atoms with van der Waals surface area (Å²) in [5, 5.41) is 7.10. The van der Waals surface area contributed by atoms with Gasteiger partial charge in [0.1, 0.15) is 5.01 Å². The standard InChI is InChI=1S/C11H17N7S/c1-7-5-13-8(19-7)6-14-10-15-9(12-2)16-11(17-10)18(3)4/h5H,6H2,1-4H3,(H2,12,14,15,16,17). The summed E-state index contributed by atoms with van der Waals surface area (Å²) in [5.41, 5.74) is 0. The second kappa shape index (κ2) is 5.79. The molecule has 0 aliphatic rings. The van der Waals surface area contributed by atoms with Crippen molar-refractivity contribution >= 4 is 29.2 Å². The van der Waals surface area contributed by atoms with Gasteiger partial charge in [-0.1, -0.05) is 0 Å². The van der Waals surface area contributed by atoms with Crippen molar-refractivity contribution in [3.8, 4) is 0 Å². The van der Waals surface area contributed by atoms with Gasteiger partial charge in [-0.3, -0.25) is 0 Å². The predicted octanol–water partition coefficient (Wildman–Crippen LogP) is 1.36. The van der Waals surface area contributed by atoms with Gasteiger partial charge in [-0.15, -0.1) is 11.3 Å². The van der Waals surface area contributed by atoms with Gasteiger partial charge < -0.3 is 15.5 Å². The zero-order chi connectivity index (χ0) is 13.8. The SMILES string of the molecule is CNc1nc(NCc2ncc(C)s2)nc(N(C)C)n1. The smallest absolute Gasteiger partial charge is 0.231 e. The lowest BCUT2D eigenvalue weighted by molar-refractivity contribution is 0.942. The molecular formula is C11H17N7S. The van der Waals surface area contributed by atoms with Crippen molar-refractivity contribution in [3.63, 3.8) is 0 Å². The zero-order valence-corrected chi connectivity index (χ0v) is 12.2. The Labute approximate surface area is 116 Å². The van der Waals surface area contributed by atoms with E-state index in [2.05, 4.69) is 30.6 Å². The lowest BCUT2D eigenvalue weighted by atomic mass is 10.6. The fourth-order valence-electron chi connectivity index (χ4n) is 1.39. The quantitative estimate of drug-likeness (QED) is 0.855. The summed E-state index contributed by atoms with van der Waals surface area (Å²) < 4.78 is 0. The summed E-state index contributed by atoms with van der Waals surface area (Å²) in [5.74, 6) is 1.68. The van der Waals surface area contributed by atoms with Gasteiger partial charge in [0.25, 0.3) is 0 Å². The summed E-state index contributed by atoms with van der Waals surface area (Å²) in [6.45, 7) is 2.64. The van der Waals surface area contributed by atoms with Crippen LogP contribution in [0.2, 0.25) is 0 Å². The third-order valence-electron chi connectivity index (χ3n) is 2.31. The van der Waals surface area contributed by atoms with Gasteiger partial charge in [0.2, 0.25) is 17.8 Å². The van der Waals surface area contributed by atoms with E-state index in [1.165, 1.54) is 4.88 Å². The summed E-state index contributed by atoms with van der Waals surface area (Å²) in [7, 11) is 5.56. The Kier molecular flexibility index (Phi) is 4.10. The molecule has 0 radical (unpaired) electrons. The minimum absolute atomic E-state index is 0.538. The normalized spacial score (nSPS) is 10.3. The van der Waals surface area contributed by atoms with E-state index in [0.717, 1.165) is 5.01 Å². The number of aryl methyl sites for hydroxylation is 1. The van der Waals surface area contributed by atoms with Gasteiger partial charge in [-0.2, -0.15) is 15.0 Å². The molecule has 19 heavy (non-hydrogen) atoms. The van der Waals surface area contributed by atoms with E-state index < -0.39 is 0 Å². The van der Waals surface area contributed by atoms with Crippen LogP contribution in [0.25, 0.3) is 0 Å². The minimum Gasteiger partial charge on any atom is -0.357 e. The van der Waals surface area contributed by atoms with Crippen molar-refractivity contribution < 1.29 is 0 Å². The van der Waals surface area contributed by atoms with Crippen LogP contribution in [0, 0.1) is 6.92 Å². The Bertz CT molecular complexity index is 552. The molecule has 7 nitrogen and oxygen atoms in total. The number of nitrogens with one attached hydrogen (secondary N) is 2. The van der Waals surface area contributed by atoms with Crippen LogP contribution in [0.5, 0.6) is 0 Å². The highest BCUT2D eigenvalue weighted by molar-refractivity contribution is 7.11. The number of thiazole rings is 1. The molecule has 2 rings (SSSR count). The van der Waals surface area contributed by atoms with Crippen LogP contribution in [0.4, 0.5) is 17.8 Å². The average Bonchev–Trinajstić information content (AvgIpc) is 2.81. The van der Waals surface area contributed by atoms with E-state index in [9.17, 15) is 0 Å². The second-order valence-electron chi connectivity index (χ2n) is 4.15. The van der Waals surface area contributed by atoms with Crippen molar-refractivity contribution in [1.29, 1.82) is 0 Å². The highest BCUT2D eigenvalue weighted by atomic mass is 32.1. The Morgan fingerprint density at radius 2 is 1.95 bits per heavy atom. The molecule has 0 bridgehead atoms. The fraction of sp³-hybridized carbons (Fsp3) is 0.455. The predicted molar refractivity (Wildman–Crippen MR) is 77.9 cm³/mol. The molecule has 2 N–H and O–H groups in total. The van der Waals surface area contributed by atoms with Crippen LogP contribution < -0.4 is 15.5 Å². The molecule has 0 spiro atoms. The van der Waals surface area contributed by atoms with Gasteiger partial charge in [0, 0.05) is 32.2 Å². The minimum atomic E-state index is 0.538. The maximum Gasteiger partial charge on any atom is 0.231 e. The fourth-order valence-corrected chi connectivity index (χ4v) is 2.12. The largest absolute Gasteiger partial charge is 0.357 e. The van der Waals surface area contributed by atoms with E-state index in [-0.39, 0.29) is 0 Å². The summed E-state index contributed by atoms with van der Waals surface area (Å²) >= 11 is 1.66. The first-order chi connectivity index (χ1) is 9.08. The topological polar surface area (TPSA) is 78.9 Å². The van der Waals surface area contributed by atoms with Gasteiger partial charge in [0.05, 0.1) is 6.54 Å². The lowest BCUT2D eigenvalue weighted by Crippen LogP contribution is -2.16. The molecule has 0 saturated heterocycles. The van der Waals surface area contributed by atoms with Crippen LogP contribution in [-0.2, 0) is 6.54 Å². The second-order valence-corrected chi connectivity index (χ2v) is 5.46. The van der Waals surface area contributed by atoms with Crippen molar-refractivity contribution in [2.45, 2.75) is 13.5 Å². The molecule has 0 fully saturated rings. The van der Waals surface area contributed by atoms with E-state index in [1.807, 2.05) is 32.1 Å². The Morgan fingerprint density at radius 1 is 1.21 bits per heavy atom. The molecule has 2 heterocycles. The first-order valence-corrected chi connectivity index (χ1v) is 6.66. The molecule has 0 aliphatic carbocycles. The number of hydrogen-bond donors (Lipinski definition) is 2. The molecule has 0 aromatic carbocycles. The van der Waals surface area contributed by atoms with Gasteiger partial charge in [0.15, 0.2) is 0 Å². The third-order valence-corrected chi connectivity index (χ3v) is 3.23. The third kappa shape index (κ3) is 3.50. The number of nitrogens with zero attached hydrogens (tertiary/aromatic N) is 5. The van der Waals surface area contributed by atoms with Crippen LogP contribution >= 0.6 is 11.3 Å². The molecule has 2 aromatic heterocycles. The van der Waals surface area contributed by atoms with Crippen LogP contribution in [0.15, 0.2) is 6.20 Å². The van der Waals surface area contributed by atoms with Gasteiger partial charge in [-0.05, 0) is 6.92 Å². The van der Waals surface area contributed by atoms with Crippen molar-refractivity contribution in [1.82, 2.24) is 19.9 Å². The molecule has 102 valence electrons. The number of rotatable bonds is 5. The van der Waals surface area contributed by atoms with Crippen LogP contribution in [0.3, 0.4) is 0 Å². The van der Waals surface area contributed by atoms with E-state index in [1.54, 1.807) is 18.4 Å². The number of hydrogen-bond acceptors (Lipinski definition) is 8. The monoisotopic (exact) mass is 279 g/mol. The number of aromatic nitrogens is 4.